The van der Waals surface area contributed by atoms with Crippen molar-refractivity contribution >= 4 is 11.3 Å². The van der Waals surface area contributed by atoms with E-state index in [4.69, 9.17) is 4.42 Å². The maximum atomic E-state index is 5.31. The van der Waals surface area contributed by atoms with Gasteiger partial charge in [0.2, 0.25) is 0 Å². The second kappa shape index (κ2) is 4.67. The van der Waals surface area contributed by atoms with Crippen molar-refractivity contribution in [3.8, 4) is 0 Å². The highest BCUT2D eigenvalue weighted by molar-refractivity contribution is 5.68. The standard InChI is InChI=1S/C15H18N4O/c1-15(2,3)13-9-12-14(16-6-7-19(12)18-13)17-10-11-5-4-8-20-11/h4-9H,10H2,1-3H3,(H,16,17). The maximum absolute atomic E-state index is 5.31. The molecule has 0 unspecified atom stereocenters. The van der Waals surface area contributed by atoms with E-state index in [0.29, 0.717) is 6.54 Å². The summed E-state index contributed by atoms with van der Waals surface area (Å²) in [6.07, 6.45) is 5.28. The summed E-state index contributed by atoms with van der Waals surface area (Å²) in [4.78, 5) is 4.39. The Morgan fingerprint density at radius 3 is 2.90 bits per heavy atom. The Morgan fingerprint density at radius 1 is 1.35 bits per heavy atom. The van der Waals surface area contributed by atoms with Crippen LogP contribution in [0, 0.1) is 0 Å². The van der Waals surface area contributed by atoms with Crippen molar-refractivity contribution in [2.45, 2.75) is 32.7 Å². The minimum Gasteiger partial charge on any atom is -0.467 e. The third-order valence-corrected chi connectivity index (χ3v) is 3.17. The van der Waals surface area contributed by atoms with E-state index in [1.54, 1.807) is 12.5 Å². The van der Waals surface area contributed by atoms with Crippen molar-refractivity contribution in [2.75, 3.05) is 5.32 Å². The predicted molar refractivity (Wildman–Crippen MR) is 77.7 cm³/mol. The molecular weight excluding hydrogens is 252 g/mol. The number of nitrogens with zero attached hydrogens (tertiary/aromatic N) is 3. The second-order valence-corrected chi connectivity index (χ2v) is 5.82. The van der Waals surface area contributed by atoms with Gasteiger partial charge in [-0.2, -0.15) is 5.10 Å². The number of hydrogen-bond acceptors (Lipinski definition) is 4. The highest BCUT2D eigenvalue weighted by atomic mass is 16.3. The average molecular weight is 270 g/mol. The SMILES string of the molecule is CC(C)(C)c1cc2c(NCc3ccco3)nccn2n1. The van der Waals surface area contributed by atoms with Gasteiger partial charge in [0.1, 0.15) is 11.3 Å². The van der Waals surface area contributed by atoms with Gasteiger partial charge in [-0.15, -0.1) is 0 Å². The van der Waals surface area contributed by atoms with Gasteiger partial charge in [-0.1, -0.05) is 20.8 Å². The van der Waals surface area contributed by atoms with Gasteiger partial charge < -0.3 is 9.73 Å². The molecule has 0 aliphatic carbocycles. The lowest BCUT2D eigenvalue weighted by Crippen LogP contribution is -2.11. The number of nitrogens with one attached hydrogen (secondary N) is 1. The van der Waals surface area contributed by atoms with Gasteiger partial charge in [-0.25, -0.2) is 9.50 Å². The highest BCUT2D eigenvalue weighted by Gasteiger charge is 2.19. The molecule has 0 saturated heterocycles. The fourth-order valence-corrected chi connectivity index (χ4v) is 2.01. The summed E-state index contributed by atoms with van der Waals surface area (Å²) in [5.41, 5.74) is 2.04. The van der Waals surface area contributed by atoms with E-state index in [0.717, 1.165) is 22.8 Å². The number of furan rings is 1. The van der Waals surface area contributed by atoms with Crippen LogP contribution in [0.4, 0.5) is 5.82 Å². The molecule has 20 heavy (non-hydrogen) atoms. The molecular formula is C15H18N4O. The van der Waals surface area contributed by atoms with Crippen molar-refractivity contribution in [2.24, 2.45) is 0 Å². The van der Waals surface area contributed by atoms with Crippen molar-refractivity contribution in [1.29, 1.82) is 0 Å². The van der Waals surface area contributed by atoms with Crippen molar-refractivity contribution in [3.63, 3.8) is 0 Å². The maximum Gasteiger partial charge on any atom is 0.152 e. The first-order valence-electron chi connectivity index (χ1n) is 6.65. The molecule has 1 N–H and O–H groups in total. The lowest BCUT2D eigenvalue weighted by Gasteiger charge is -2.13. The van der Waals surface area contributed by atoms with Crippen molar-refractivity contribution in [3.05, 3.63) is 48.3 Å². The predicted octanol–water partition coefficient (Wildman–Crippen LogP) is 3.23. The minimum absolute atomic E-state index is 0.0182. The van der Waals surface area contributed by atoms with E-state index in [-0.39, 0.29) is 5.41 Å². The van der Waals surface area contributed by atoms with Gasteiger partial charge in [-0.05, 0) is 18.2 Å². The summed E-state index contributed by atoms with van der Waals surface area (Å²) in [5.74, 6) is 1.69. The van der Waals surface area contributed by atoms with Gasteiger partial charge in [0, 0.05) is 17.8 Å². The normalized spacial score (nSPS) is 11.9. The molecule has 0 bridgehead atoms. The number of aromatic nitrogens is 3. The smallest absolute Gasteiger partial charge is 0.152 e. The molecule has 3 heterocycles. The Morgan fingerprint density at radius 2 is 2.20 bits per heavy atom. The number of fused-ring (bicyclic) bond motifs is 1. The first-order valence-corrected chi connectivity index (χ1v) is 6.65. The molecule has 0 amide bonds. The molecule has 0 aliphatic heterocycles. The van der Waals surface area contributed by atoms with E-state index in [1.807, 2.05) is 22.8 Å². The van der Waals surface area contributed by atoms with Gasteiger partial charge in [-0.3, -0.25) is 0 Å². The van der Waals surface area contributed by atoms with Crippen LogP contribution in [0.5, 0.6) is 0 Å². The molecule has 3 rings (SSSR count). The number of hydrogen-bond donors (Lipinski definition) is 1. The summed E-state index contributed by atoms with van der Waals surface area (Å²) in [6.45, 7) is 7.06. The third kappa shape index (κ3) is 2.39. The zero-order valence-electron chi connectivity index (χ0n) is 11.9. The topological polar surface area (TPSA) is 55.4 Å². The van der Waals surface area contributed by atoms with Crippen LogP contribution in [0.3, 0.4) is 0 Å². The van der Waals surface area contributed by atoms with Crippen LogP contribution >= 0.6 is 0 Å². The first kappa shape index (κ1) is 12.7. The van der Waals surface area contributed by atoms with Gasteiger partial charge in [0.15, 0.2) is 5.82 Å². The Kier molecular flexibility index (Phi) is 2.97. The molecule has 0 radical (unpaired) electrons. The molecule has 0 aliphatic rings. The van der Waals surface area contributed by atoms with E-state index < -0.39 is 0 Å². The molecule has 0 fully saturated rings. The fraction of sp³-hybridized carbons (Fsp3) is 0.333. The number of anilines is 1. The summed E-state index contributed by atoms with van der Waals surface area (Å²) in [7, 11) is 0. The van der Waals surface area contributed by atoms with Gasteiger partial charge >= 0.3 is 0 Å². The highest BCUT2D eigenvalue weighted by Crippen LogP contribution is 2.24. The van der Waals surface area contributed by atoms with Gasteiger partial charge in [0.25, 0.3) is 0 Å². The van der Waals surface area contributed by atoms with Crippen LogP contribution in [0.25, 0.3) is 5.52 Å². The minimum atomic E-state index is 0.0182. The van der Waals surface area contributed by atoms with Crippen molar-refractivity contribution in [1.82, 2.24) is 14.6 Å². The zero-order chi connectivity index (χ0) is 14.2. The molecule has 0 aromatic carbocycles. The zero-order valence-corrected chi connectivity index (χ0v) is 11.9. The van der Waals surface area contributed by atoms with Crippen molar-refractivity contribution < 1.29 is 4.42 Å². The lowest BCUT2D eigenvalue weighted by atomic mass is 9.92. The van der Waals surface area contributed by atoms with E-state index >= 15 is 0 Å². The summed E-state index contributed by atoms with van der Waals surface area (Å²) < 4.78 is 7.17. The molecule has 5 heteroatoms. The third-order valence-electron chi connectivity index (χ3n) is 3.17. The Bertz CT molecular complexity index is 707. The molecule has 0 atom stereocenters. The Hall–Kier alpha value is -2.30. The first-order chi connectivity index (χ1) is 9.54. The van der Waals surface area contributed by atoms with Crippen LogP contribution < -0.4 is 5.32 Å². The number of rotatable bonds is 3. The van der Waals surface area contributed by atoms with E-state index in [2.05, 4.69) is 42.2 Å². The quantitative estimate of drug-likeness (QED) is 0.794. The van der Waals surface area contributed by atoms with E-state index in [9.17, 15) is 0 Å². The summed E-state index contributed by atoms with van der Waals surface area (Å²) in [6, 6.07) is 5.89. The molecule has 0 saturated carbocycles. The monoisotopic (exact) mass is 270 g/mol. The summed E-state index contributed by atoms with van der Waals surface area (Å²) >= 11 is 0. The molecule has 3 aromatic heterocycles. The summed E-state index contributed by atoms with van der Waals surface area (Å²) in [5, 5.41) is 7.89. The van der Waals surface area contributed by atoms with E-state index in [1.165, 1.54) is 0 Å². The van der Waals surface area contributed by atoms with Crippen LogP contribution in [-0.2, 0) is 12.0 Å². The molecule has 104 valence electrons. The second-order valence-electron chi connectivity index (χ2n) is 5.82. The van der Waals surface area contributed by atoms with Crippen LogP contribution in [0.15, 0.2) is 41.3 Å². The average Bonchev–Trinajstić information content (AvgIpc) is 3.04. The van der Waals surface area contributed by atoms with Gasteiger partial charge in [0.05, 0.1) is 18.5 Å². The Balaban J connectivity index is 1.92. The molecule has 5 nitrogen and oxygen atoms in total. The largest absolute Gasteiger partial charge is 0.467 e. The molecule has 3 aromatic rings. The fourth-order valence-electron chi connectivity index (χ4n) is 2.01. The van der Waals surface area contributed by atoms with Crippen LogP contribution in [0.1, 0.15) is 32.2 Å². The lowest BCUT2D eigenvalue weighted by molar-refractivity contribution is 0.518. The molecule has 0 spiro atoms. The Labute approximate surface area is 117 Å². The van der Waals surface area contributed by atoms with Crippen LogP contribution in [0.2, 0.25) is 0 Å². The van der Waals surface area contributed by atoms with Crippen LogP contribution in [-0.4, -0.2) is 14.6 Å².